The maximum atomic E-state index is 3.66. The van der Waals surface area contributed by atoms with E-state index in [1.807, 2.05) is 0 Å². The van der Waals surface area contributed by atoms with Gasteiger partial charge in [0, 0.05) is 31.7 Å². The number of nitrogens with one attached hydrogen (secondary N) is 1. The van der Waals surface area contributed by atoms with Gasteiger partial charge in [-0.25, -0.2) is 0 Å². The summed E-state index contributed by atoms with van der Waals surface area (Å²) in [7, 11) is 0. The largest absolute Gasteiger partial charge is 0.309 e. The van der Waals surface area contributed by atoms with Gasteiger partial charge in [-0.2, -0.15) is 0 Å². The first-order valence-electron chi connectivity index (χ1n) is 6.29. The Labute approximate surface area is 97.6 Å². The lowest BCUT2D eigenvalue weighted by atomic mass is 10.1. The van der Waals surface area contributed by atoms with Crippen LogP contribution in [0.3, 0.4) is 0 Å². The van der Waals surface area contributed by atoms with E-state index in [0.717, 1.165) is 13.1 Å². The summed E-state index contributed by atoms with van der Waals surface area (Å²) in [6.45, 7) is 6.92. The zero-order valence-corrected chi connectivity index (χ0v) is 10.00. The molecular formula is C14H20N2. The van der Waals surface area contributed by atoms with Crippen LogP contribution in [0.4, 0.5) is 0 Å². The van der Waals surface area contributed by atoms with Crippen molar-refractivity contribution in [3.8, 4) is 0 Å². The highest BCUT2D eigenvalue weighted by Gasteiger charge is 2.45. The van der Waals surface area contributed by atoms with Gasteiger partial charge >= 0.3 is 0 Å². The van der Waals surface area contributed by atoms with E-state index < -0.39 is 0 Å². The molecule has 16 heavy (non-hydrogen) atoms. The van der Waals surface area contributed by atoms with Crippen LogP contribution < -0.4 is 5.32 Å². The topological polar surface area (TPSA) is 15.3 Å². The Bertz CT molecular complexity index is 382. The Morgan fingerprint density at radius 1 is 1.31 bits per heavy atom. The van der Waals surface area contributed by atoms with Gasteiger partial charge in [0.2, 0.25) is 0 Å². The summed E-state index contributed by atoms with van der Waals surface area (Å²) in [4.78, 5) is 2.60. The quantitative estimate of drug-likeness (QED) is 0.812. The van der Waals surface area contributed by atoms with E-state index in [4.69, 9.17) is 0 Å². The van der Waals surface area contributed by atoms with E-state index in [1.165, 1.54) is 37.1 Å². The average molecular weight is 216 g/mol. The first kappa shape index (κ1) is 10.3. The normalized spacial score (nSPS) is 23.6. The minimum absolute atomic E-state index is 0.501. The van der Waals surface area contributed by atoms with E-state index >= 15 is 0 Å². The number of rotatable bonds is 2. The summed E-state index contributed by atoms with van der Waals surface area (Å²) in [5.74, 6) is 0. The second-order valence-electron chi connectivity index (χ2n) is 5.34. The summed E-state index contributed by atoms with van der Waals surface area (Å²) in [5, 5.41) is 3.66. The van der Waals surface area contributed by atoms with Gasteiger partial charge in [-0.15, -0.1) is 0 Å². The lowest BCUT2D eigenvalue weighted by Gasteiger charge is -2.34. The number of piperazine rings is 1. The van der Waals surface area contributed by atoms with Crippen LogP contribution in [0, 0.1) is 6.92 Å². The molecule has 0 radical (unpaired) electrons. The molecule has 0 atom stereocenters. The van der Waals surface area contributed by atoms with Gasteiger partial charge in [0.25, 0.3) is 0 Å². The minimum Gasteiger partial charge on any atom is -0.309 e. The molecular weight excluding hydrogens is 196 g/mol. The molecule has 86 valence electrons. The number of hydrogen-bond acceptors (Lipinski definition) is 2. The molecule has 1 aromatic rings. The van der Waals surface area contributed by atoms with E-state index in [9.17, 15) is 0 Å². The van der Waals surface area contributed by atoms with E-state index in [1.54, 1.807) is 0 Å². The molecule has 2 aliphatic rings. The van der Waals surface area contributed by atoms with Gasteiger partial charge in [-0.05, 0) is 30.9 Å². The number of aryl methyl sites for hydroxylation is 1. The van der Waals surface area contributed by atoms with Crippen LogP contribution in [0.5, 0.6) is 0 Å². The molecule has 0 unspecified atom stereocenters. The van der Waals surface area contributed by atoms with E-state index in [2.05, 4.69) is 41.4 Å². The summed E-state index contributed by atoms with van der Waals surface area (Å²) in [5.41, 5.74) is 3.41. The molecule has 1 aliphatic carbocycles. The standard InChI is InChI=1S/C14H20N2/c1-12-4-2-3-5-13(12)10-16-9-8-15-14(11-16)6-7-14/h2-5,15H,6-11H2,1H3. The second kappa shape index (κ2) is 3.86. The highest BCUT2D eigenvalue weighted by atomic mass is 15.2. The van der Waals surface area contributed by atoms with Crippen molar-refractivity contribution in [2.75, 3.05) is 19.6 Å². The molecule has 1 heterocycles. The Morgan fingerprint density at radius 2 is 2.12 bits per heavy atom. The molecule has 1 spiro atoms. The Kier molecular flexibility index (Phi) is 2.49. The Balaban J connectivity index is 1.68. The first-order chi connectivity index (χ1) is 7.77. The number of benzene rings is 1. The van der Waals surface area contributed by atoms with Crippen LogP contribution in [0.25, 0.3) is 0 Å². The molecule has 1 saturated heterocycles. The Hall–Kier alpha value is -0.860. The third-order valence-electron chi connectivity index (χ3n) is 3.96. The highest BCUT2D eigenvalue weighted by molar-refractivity contribution is 5.25. The van der Waals surface area contributed by atoms with Gasteiger partial charge in [0.05, 0.1) is 0 Å². The molecule has 1 saturated carbocycles. The molecule has 0 amide bonds. The van der Waals surface area contributed by atoms with Gasteiger partial charge < -0.3 is 5.32 Å². The van der Waals surface area contributed by atoms with Gasteiger partial charge in [-0.1, -0.05) is 24.3 Å². The summed E-state index contributed by atoms with van der Waals surface area (Å²) in [6, 6.07) is 8.75. The molecule has 3 rings (SSSR count). The van der Waals surface area contributed by atoms with Crippen LogP contribution in [-0.2, 0) is 6.54 Å². The fourth-order valence-electron chi connectivity index (χ4n) is 2.69. The average Bonchev–Trinajstić information content (AvgIpc) is 3.01. The maximum Gasteiger partial charge on any atom is 0.0310 e. The summed E-state index contributed by atoms with van der Waals surface area (Å²) < 4.78 is 0. The molecule has 1 aliphatic heterocycles. The van der Waals surface area contributed by atoms with Crippen LogP contribution in [0.1, 0.15) is 24.0 Å². The molecule has 1 aromatic carbocycles. The van der Waals surface area contributed by atoms with Crippen molar-refractivity contribution >= 4 is 0 Å². The lowest BCUT2D eigenvalue weighted by molar-refractivity contribution is 0.182. The fourth-order valence-corrected chi connectivity index (χ4v) is 2.69. The van der Waals surface area contributed by atoms with Gasteiger partial charge in [0.1, 0.15) is 0 Å². The van der Waals surface area contributed by atoms with Gasteiger partial charge in [0.15, 0.2) is 0 Å². The minimum atomic E-state index is 0.501. The van der Waals surface area contributed by atoms with Crippen LogP contribution in [-0.4, -0.2) is 30.1 Å². The highest BCUT2D eigenvalue weighted by Crippen LogP contribution is 2.37. The molecule has 1 N–H and O–H groups in total. The Morgan fingerprint density at radius 3 is 2.88 bits per heavy atom. The third kappa shape index (κ3) is 2.00. The molecule has 2 heteroatoms. The van der Waals surface area contributed by atoms with Crippen molar-refractivity contribution in [2.45, 2.75) is 31.8 Å². The molecule has 0 bridgehead atoms. The third-order valence-corrected chi connectivity index (χ3v) is 3.96. The molecule has 2 fully saturated rings. The predicted octanol–water partition coefficient (Wildman–Crippen LogP) is 1.93. The first-order valence-corrected chi connectivity index (χ1v) is 6.29. The van der Waals surface area contributed by atoms with Crippen molar-refractivity contribution < 1.29 is 0 Å². The van der Waals surface area contributed by atoms with Crippen LogP contribution in [0.2, 0.25) is 0 Å². The van der Waals surface area contributed by atoms with Crippen LogP contribution >= 0.6 is 0 Å². The van der Waals surface area contributed by atoms with Crippen molar-refractivity contribution in [2.24, 2.45) is 0 Å². The van der Waals surface area contributed by atoms with Crippen molar-refractivity contribution in [3.05, 3.63) is 35.4 Å². The second-order valence-corrected chi connectivity index (χ2v) is 5.34. The number of hydrogen-bond donors (Lipinski definition) is 1. The summed E-state index contributed by atoms with van der Waals surface area (Å²) in [6.07, 6.45) is 2.74. The van der Waals surface area contributed by atoms with Crippen molar-refractivity contribution in [3.63, 3.8) is 0 Å². The predicted molar refractivity (Wildman–Crippen MR) is 66.4 cm³/mol. The van der Waals surface area contributed by atoms with Gasteiger partial charge in [-0.3, -0.25) is 4.90 Å². The lowest BCUT2D eigenvalue weighted by Crippen LogP contribution is -2.51. The molecule has 0 aromatic heterocycles. The zero-order valence-electron chi connectivity index (χ0n) is 10.00. The summed E-state index contributed by atoms with van der Waals surface area (Å²) >= 11 is 0. The van der Waals surface area contributed by atoms with E-state index in [-0.39, 0.29) is 0 Å². The number of nitrogens with zero attached hydrogens (tertiary/aromatic N) is 1. The fraction of sp³-hybridized carbons (Fsp3) is 0.571. The van der Waals surface area contributed by atoms with Crippen molar-refractivity contribution in [1.29, 1.82) is 0 Å². The zero-order chi connectivity index (χ0) is 11.0. The molecule has 2 nitrogen and oxygen atoms in total. The maximum absolute atomic E-state index is 3.66. The van der Waals surface area contributed by atoms with Crippen molar-refractivity contribution in [1.82, 2.24) is 10.2 Å². The van der Waals surface area contributed by atoms with E-state index in [0.29, 0.717) is 5.54 Å². The van der Waals surface area contributed by atoms with Crippen LogP contribution in [0.15, 0.2) is 24.3 Å². The SMILES string of the molecule is Cc1ccccc1CN1CCNC2(CC2)C1. The monoisotopic (exact) mass is 216 g/mol. The smallest absolute Gasteiger partial charge is 0.0310 e.